The Kier molecular flexibility index (Phi) is 4.18. The summed E-state index contributed by atoms with van der Waals surface area (Å²) in [5, 5.41) is 11.9. The molecular formula is C16H21N3O3. The first kappa shape index (κ1) is 14.7. The number of carboxylic acid groups (broad SMARTS) is 1. The zero-order valence-corrected chi connectivity index (χ0v) is 12.5. The molecule has 22 heavy (non-hydrogen) atoms. The number of carbonyl (C=O) groups is 2. The standard InChI is InChI=1S/C16H21N3O3/c20-15(21)12-6-9-19(11-12)16(22)17-13-4-3-5-14(10-13)18-7-1-2-8-18/h3-5,10,12H,1-2,6-9,11H2,(H,17,22)(H,20,21). The molecule has 118 valence electrons. The van der Waals surface area contributed by atoms with Gasteiger partial charge in [0.15, 0.2) is 0 Å². The molecule has 2 amide bonds. The molecule has 0 radical (unpaired) electrons. The van der Waals surface area contributed by atoms with Crippen LogP contribution in [0.25, 0.3) is 0 Å². The van der Waals surface area contributed by atoms with Crippen molar-refractivity contribution in [3.05, 3.63) is 24.3 Å². The van der Waals surface area contributed by atoms with Crippen LogP contribution in [0.5, 0.6) is 0 Å². The molecule has 2 saturated heterocycles. The summed E-state index contributed by atoms with van der Waals surface area (Å²) in [4.78, 5) is 27.1. The maximum Gasteiger partial charge on any atom is 0.321 e. The number of carboxylic acids is 1. The second-order valence-corrected chi connectivity index (χ2v) is 5.94. The Labute approximate surface area is 129 Å². The largest absolute Gasteiger partial charge is 0.481 e. The number of anilines is 2. The third kappa shape index (κ3) is 3.16. The third-order valence-corrected chi connectivity index (χ3v) is 4.39. The molecule has 2 heterocycles. The first-order chi connectivity index (χ1) is 10.6. The highest BCUT2D eigenvalue weighted by molar-refractivity contribution is 5.90. The highest BCUT2D eigenvalue weighted by Crippen LogP contribution is 2.24. The van der Waals surface area contributed by atoms with Gasteiger partial charge in [0.25, 0.3) is 0 Å². The van der Waals surface area contributed by atoms with Crippen LogP contribution in [0.4, 0.5) is 16.2 Å². The second-order valence-electron chi connectivity index (χ2n) is 5.94. The van der Waals surface area contributed by atoms with E-state index in [2.05, 4.69) is 16.3 Å². The lowest BCUT2D eigenvalue weighted by Gasteiger charge is -2.20. The fourth-order valence-corrected chi connectivity index (χ4v) is 3.10. The fourth-order valence-electron chi connectivity index (χ4n) is 3.10. The molecule has 2 fully saturated rings. The van der Waals surface area contributed by atoms with Crippen molar-refractivity contribution >= 4 is 23.4 Å². The number of carbonyl (C=O) groups excluding carboxylic acids is 1. The summed E-state index contributed by atoms with van der Waals surface area (Å²) in [6, 6.07) is 7.61. The number of benzene rings is 1. The van der Waals surface area contributed by atoms with Crippen molar-refractivity contribution in [2.24, 2.45) is 5.92 Å². The van der Waals surface area contributed by atoms with Crippen molar-refractivity contribution in [1.82, 2.24) is 4.90 Å². The van der Waals surface area contributed by atoms with Gasteiger partial charge >= 0.3 is 12.0 Å². The van der Waals surface area contributed by atoms with Crippen LogP contribution >= 0.6 is 0 Å². The fraction of sp³-hybridized carbons (Fsp3) is 0.500. The quantitative estimate of drug-likeness (QED) is 0.898. The molecule has 0 spiro atoms. The van der Waals surface area contributed by atoms with E-state index in [4.69, 9.17) is 5.11 Å². The highest BCUT2D eigenvalue weighted by Gasteiger charge is 2.30. The molecule has 1 unspecified atom stereocenters. The Morgan fingerprint density at radius 2 is 1.95 bits per heavy atom. The summed E-state index contributed by atoms with van der Waals surface area (Å²) < 4.78 is 0. The minimum absolute atomic E-state index is 0.220. The molecule has 0 aromatic heterocycles. The highest BCUT2D eigenvalue weighted by atomic mass is 16.4. The molecule has 2 N–H and O–H groups in total. The SMILES string of the molecule is O=C(O)C1CCN(C(=O)Nc2cccc(N3CCCC3)c2)C1. The smallest absolute Gasteiger partial charge is 0.321 e. The average Bonchev–Trinajstić information content (AvgIpc) is 3.19. The van der Waals surface area contributed by atoms with Gasteiger partial charge in [-0.2, -0.15) is 0 Å². The first-order valence-corrected chi connectivity index (χ1v) is 7.77. The van der Waals surface area contributed by atoms with Crippen LogP contribution in [0.3, 0.4) is 0 Å². The monoisotopic (exact) mass is 303 g/mol. The van der Waals surface area contributed by atoms with Crippen molar-refractivity contribution in [3.8, 4) is 0 Å². The van der Waals surface area contributed by atoms with Crippen LogP contribution in [-0.2, 0) is 4.79 Å². The molecule has 1 aromatic rings. The van der Waals surface area contributed by atoms with E-state index in [-0.39, 0.29) is 12.6 Å². The zero-order chi connectivity index (χ0) is 15.5. The van der Waals surface area contributed by atoms with E-state index in [0.29, 0.717) is 13.0 Å². The number of urea groups is 1. The molecule has 0 saturated carbocycles. The van der Waals surface area contributed by atoms with Crippen molar-refractivity contribution in [1.29, 1.82) is 0 Å². The number of aliphatic carboxylic acids is 1. The molecule has 2 aliphatic rings. The minimum Gasteiger partial charge on any atom is -0.481 e. The molecule has 6 nitrogen and oxygen atoms in total. The van der Waals surface area contributed by atoms with Crippen LogP contribution in [0.15, 0.2) is 24.3 Å². The summed E-state index contributed by atoms with van der Waals surface area (Å²) in [6.07, 6.45) is 2.94. The van der Waals surface area contributed by atoms with Crippen LogP contribution in [0, 0.1) is 5.92 Å². The van der Waals surface area contributed by atoms with Gasteiger partial charge in [0, 0.05) is 37.6 Å². The predicted octanol–water partition coefficient (Wildman–Crippen LogP) is 2.23. The lowest BCUT2D eigenvalue weighted by molar-refractivity contribution is -0.141. The predicted molar refractivity (Wildman–Crippen MR) is 84.2 cm³/mol. The average molecular weight is 303 g/mol. The van der Waals surface area contributed by atoms with Crippen LogP contribution in [0.2, 0.25) is 0 Å². The first-order valence-electron chi connectivity index (χ1n) is 7.77. The van der Waals surface area contributed by atoms with Gasteiger partial charge in [0.05, 0.1) is 5.92 Å². The Morgan fingerprint density at radius 1 is 1.18 bits per heavy atom. The molecular weight excluding hydrogens is 282 g/mol. The molecule has 0 bridgehead atoms. The number of hydrogen-bond acceptors (Lipinski definition) is 3. The van der Waals surface area contributed by atoms with Gasteiger partial charge in [-0.15, -0.1) is 0 Å². The number of hydrogen-bond donors (Lipinski definition) is 2. The maximum atomic E-state index is 12.2. The van der Waals surface area contributed by atoms with Gasteiger partial charge in [-0.25, -0.2) is 4.79 Å². The Balaban J connectivity index is 1.62. The Hall–Kier alpha value is -2.24. The third-order valence-electron chi connectivity index (χ3n) is 4.39. The van der Waals surface area contributed by atoms with Crippen molar-refractivity contribution in [2.45, 2.75) is 19.3 Å². The number of rotatable bonds is 3. The number of likely N-dealkylation sites (tertiary alicyclic amines) is 1. The van der Waals surface area contributed by atoms with Gasteiger partial charge < -0.3 is 20.2 Å². The van der Waals surface area contributed by atoms with E-state index in [9.17, 15) is 9.59 Å². The second kappa shape index (κ2) is 6.25. The molecule has 1 atom stereocenters. The van der Waals surface area contributed by atoms with Gasteiger partial charge in [0.2, 0.25) is 0 Å². The van der Waals surface area contributed by atoms with Crippen molar-refractivity contribution < 1.29 is 14.7 Å². The summed E-state index contributed by atoms with van der Waals surface area (Å²) in [5.41, 5.74) is 1.88. The van der Waals surface area contributed by atoms with Crippen LogP contribution in [-0.4, -0.2) is 48.2 Å². The number of amides is 2. The van der Waals surface area contributed by atoms with E-state index in [0.717, 1.165) is 24.5 Å². The van der Waals surface area contributed by atoms with E-state index in [1.54, 1.807) is 4.90 Å². The topological polar surface area (TPSA) is 72.9 Å². The maximum absolute atomic E-state index is 12.2. The summed E-state index contributed by atoms with van der Waals surface area (Å²) >= 11 is 0. The number of nitrogens with zero attached hydrogens (tertiary/aromatic N) is 2. The zero-order valence-electron chi connectivity index (χ0n) is 12.5. The molecule has 6 heteroatoms. The van der Waals surface area contributed by atoms with E-state index in [1.165, 1.54) is 12.8 Å². The van der Waals surface area contributed by atoms with E-state index in [1.807, 2.05) is 18.2 Å². The lowest BCUT2D eigenvalue weighted by atomic mass is 10.1. The molecule has 2 aliphatic heterocycles. The van der Waals surface area contributed by atoms with Crippen molar-refractivity contribution in [3.63, 3.8) is 0 Å². The van der Waals surface area contributed by atoms with Crippen LogP contribution in [0.1, 0.15) is 19.3 Å². The lowest BCUT2D eigenvalue weighted by Crippen LogP contribution is -2.33. The summed E-state index contributed by atoms with van der Waals surface area (Å²) in [6.45, 7) is 2.90. The molecule has 3 rings (SSSR count). The van der Waals surface area contributed by atoms with Crippen LogP contribution < -0.4 is 10.2 Å². The number of nitrogens with one attached hydrogen (secondary N) is 1. The molecule has 0 aliphatic carbocycles. The Morgan fingerprint density at radius 3 is 2.64 bits per heavy atom. The summed E-state index contributed by atoms with van der Waals surface area (Å²) in [7, 11) is 0. The normalized spacial score (nSPS) is 21.2. The van der Waals surface area contributed by atoms with E-state index < -0.39 is 11.9 Å². The Bertz CT molecular complexity index is 570. The van der Waals surface area contributed by atoms with Gasteiger partial charge in [0.1, 0.15) is 0 Å². The van der Waals surface area contributed by atoms with Crippen molar-refractivity contribution in [2.75, 3.05) is 36.4 Å². The van der Waals surface area contributed by atoms with Gasteiger partial charge in [-0.1, -0.05) is 6.07 Å². The summed E-state index contributed by atoms with van der Waals surface area (Å²) in [5.74, 6) is -1.27. The van der Waals surface area contributed by atoms with E-state index >= 15 is 0 Å². The minimum atomic E-state index is -0.827. The van der Waals surface area contributed by atoms with Gasteiger partial charge in [-0.05, 0) is 37.5 Å². The van der Waals surface area contributed by atoms with Gasteiger partial charge in [-0.3, -0.25) is 4.79 Å². The molecule has 1 aromatic carbocycles.